The molecule has 0 bridgehead atoms. The zero-order valence-corrected chi connectivity index (χ0v) is 12.6. The molecule has 0 spiro atoms. The van der Waals surface area contributed by atoms with Gasteiger partial charge >= 0.3 is 0 Å². The Morgan fingerprint density at radius 3 is 1.71 bits per heavy atom. The molecule has 0 aromatic carbocycles. The molecular formula is C14H28N2O. The van der Waals surface area contributed by atoms with Crippen molar-refractivity contribution in [1.29, 1.82) is 0 Å². The molecule has 1 rings (SSSR count). The van der Waals surface area contributed by atoms with Gasteiger partial charge in [0.2, 0.25) is 5.91 Å². The predicted octanol–water partition coefficient (Wildman–Crippen LogP) is 2.50. The minimum absolute atomic E-state index is 0.0323. The van der Waals surface area contributed by atoms with Gasteiger partial charge < -0.3 is 4.90 Å². The lowest BCUT2D eigenvalue weighted by Gasteiger charge is -2.61. The van der Waals surface area contributed by atoms with Crippen LogP contribution < -0.4 is 0 Å². The van der Waals surface area contributed by atoms with Crippen LogP contribution in [0.2, 0.25) is 0 Å². The van der Waals surface area contributed by atoms with E-state index in [1.807, 2.05) is 4.90 Å². The van der Waals surface area contributed by atoms with Crippen molar-refractivity contribution in [2.24, 2.45) is 0 Å². The molecule has 0 N–H and O–H groups in total. The van der Waals surface area contributed by atoms with Crippen LogP contribution in [0.1, 0.15) is 55.4 Å². The lowest BCUT2D eigenvalue weighted by atomic mass is 9.78. The summed E-state index contributed by atoms with van der Waals surface area (Å²) in [5.41, 5.74) is -0.0558. The van der Waals surface area contributed by atoms with Gasteiger partial charge in [-0.15, -0.1) is 0 Å². The van der Waals surface area contributed by atoms with Gasteiger partial charge in [-0.3, -0.25) is 9.69 Å². The number of amides is 1. The lowest BCUT2D eigenvalue weighted by Crippen LogP contribution is -2.79. The monoisotopic (exact) mass is 240 g/mol. The van der Waals surface area contributed by atoms with Crippen LogP contribution in [0.5, 0.6) is 0 Å². The average molecular weight is 240 g/mol. The summed E-state index contributed by atoms with van der Waals surface area (Å²) >= 11 is 0. The van der Waals surface area contributed by atoms with Gasteiger partial charge in [-0.2, -0.15) is 0 Å². The van der Waals surface area contributed by atoms with Crippen molar-refractivity contribution >= 4 is 5.91 Å². The normalized spacial score (nSPS) is 24.1. The summed E-state index contributed by atoms with van der Waals surface area (Å²) in [4.78, 5) is 16.7. The fraction of sp³-hybridized carbons (Fsp3) is 0.929. The molecule has 0 aromatic rings. The van der Waals surface area contributed by atoms with Gasteiger partial charge in [-0.05, 0) is 55.4 Å². The molecule has 0 aliphatic carbocycles. The van der Waals surface area contributed by atoms with Crippen molar-refractivity contribution < 1.29 is 4.79 Å². The Morgan fingerprint density at radius 1 is 1.06 bits per heavy atom. The highest BCUT2D eigenvalue weighted by atomic mass is 16.2. The van der Waals surface area contributed by atoms with Crippen molar-refractivity contribution in [2.75, 3.05) is 0 Å². The molecule has 100 valence electrons. The topological polar surface area (TPSA) is 23.6 Å². The third-order valence-electron chi connectivity index (χ3n) is 3.77. The summed E-state index contributed by atoms with van der Waals surface area (Å²) in [5.74, 6) is 0.285. The van der Waals surface area contributed by atoms with E-state index in [4.69, 9.17) is 0 Å². The summed E-state index contributed by atoms with van der Waals surface area (Å²) in [6, 6.07) is 1.12. The van der Waals surface area contributed by atoms with Crippen LogP contribution in [-0.2, 0) is 4.79 Å². The van der Waals surface area contributed by atoms with Crippen LogP contribution in [0.15, 0.2) is 0 Å². The van der Waals surface area contributed by atoms with Gasteiger partial charge in [0.15, 0.2) is 0 Å². The second-order valence-corrected chi connectivity index (χ2v) is 6.49. The molecule has 0 unspecified atom stereocenters. The Kier molecular flexibility index (Phi) is 3.92. The maximum atomic E-state index is 12.4. The zero-order chi connectivity index (χ0) is 13.5. The number of nitrogens with zero attached hydrogens (tertiary/aromatic N) is 2. The van der Waals surface area contributed by atoms with Crippen molar-refractivity contribution in [2.45, 2.75) is 85.1 Å². The van der Waals surface area contributed by atoms with E-state index in [1.165, 1.54) is 0 Å². The van der Waals surface area contributed by atoms with Crippen LogP contribution in [0.4, 0.5) is 0 Å². The first-order valence-corrected chi connectivity index (χ1v) is 6.73. The molecule has 3 nitrogen and oxygen atoms in total. The van der Waals surface area contributed by atoms with Crippen LogP contribution in [0, 0.1) is 0 Å². The van der Waals surface area contributed by atoms with Crippen molar-refractivity contribution in [3.05, 3.63) is 0 Å². The van der Waals surface area contributed by atoms with Crippen molar-refractivity contribution in [3.8, 4) is 0 Å². The SMILES string of the molecule is CC(C)N(C(C)C)[C@@H]1C(=O)N(C(C)C)C1(C)C. The molecule has 1 fully saturated rings. The number of carbonyl (C=O) groups is 1. The first kappa shape index (κ1) is 14.5. The van der Waals surface area contributed by atoms with Gasteiger partial charge in [-0.1, -0.05) is 0 Å². The minimum atomic E-state index is -0.0558. The van der Waals surface area contributed by atoms with Crippen molar-refractivity contribution in [3.63, 3.8) is 0 Å². The first-order valence-electron chi connectivity index (χ1n) is 6.73. The van der Waals surface area contributed by atoms with E-state index in [2.05, 4.69) is 60.3 Å². The highest BCUT2D eigenvalue weighted by Gasteiger charge is 2.57. The van der Waals surface area contributed by atoms with Crippen LogP contribution in [-0.4, -0.2) is 45.4 Å². The Labute approximate surface area is 106 Å². The Bertz CT molecular complexity index is 287. The van der Waals surface area contributed by atoms with Gasteiger partial charge in [0.25, 0.3) is 0 Å². The standard InChI is InChI=1S/C14H28N2O/c1-9(2)15(10(3)4)12-13(17)16(11(5)6)14(12,7)8/h9-12H,1-8H3/t12-/m1/s1. The molecule has 1 aliphatic rings. The molecule has 1 atom stereocenters. The lowest BCUT2D eigenvalue weighted by molar-refractivity contribution is -0.180. The molecule has 1 aliphatic heterocycles. The quantitative estimate of drug-likeness (QED) is 0.705. The number of hydrogen-bond acceptors (Lipinski definition) is 2. The van der Waals surface area contributed by atoms with Gasteiger partial charge in [-0.25, -0.2) is 0 Å². The maximum absolute atomic E-state index is 12.4. The number of rotatable bonds is 4. The molecule has 1 saturated heterocycles. The van der Waals surface area contributed by atoms with Gasteiger partial charge in [0.1, 0.15) is 6.04 Å². The predicted molar refractivity (Wildman–Crippen MR) is 72.0 cm³/mol. The van der Waals surface area contributed by atoms with E-state index in [0.29, 0.717) is 12.1 Å². The Hall–Kier alpha value is -0.570. The van der Waals surface area contributed by atoms with E-state index in [0.717, 1.165) is 0 Å². The van der Waals surface area contributed by atoms with E-state index in [1.54, 1.807) is 0 Å². The van der Waals surface area contributed by atoms with Crippen LogP contribution in [0.3, 0.4) is 0 Å². The van der Waals surface area contributed by atoms with Gasteiger partial charge in [0.05, 0.1) is 5.54 Å². The van der Waals surface area contributed by atoms with E-state index in [9.17, 15) is 4.79 Å². The smallest absolute Gasteiger partial charge is 0.243 e. The average Bonchev–Trinajstić information content (AvgIpc) is 2.10. The number of β-lactam (4-membered cyclic amide) rings is 1. The molecule has 3 heteroatoms. The number of likely N-dealkylation sites (tertiary alicyclic amines) is 1. The third-order valence-corrected chi connectivity index (χ3v) is 3.77. The van der Waals surface area contributed by atoms with E-state index in [-0.39, 0.29) is 23.5 Å². The molecular weight excluding hydrogens is 212 g/mol. The minimum Gasteiger partial charge on any atom is -0.332 e. The van der Waals surface area contributed by atoms with Crippen molar-refractivity contribution in [1.82, 2.24) is 9.80 Å². The van der Waals surface area contributed by atoms with Gasteiger partial charge in [0, 0.05) is 18.1 Å². The van der Waals surface area contributed by atoms with E-state index >= 15 is 0 Å². The first-order chi connectivity index (χ1) is 7.62. The molecule has 1 amide bonds. The Morgan fingerprint density at radius 2 is 1.47 bits per heavy atom. The summed E-state index contributed by atoms with van der Waals surface area (Å²) in [5, 5.41) is 0. The Balaban J connectivity index is 2.97. The second kappa shape index (κ2) is 4.60. The molecule has 1 heterocycles. The second-order valence-electron chi connectivity index (χ2n) is 6.49. The highest BCUT2D eigenvalue weighted by molar-refractivity contribution is 5.91. The largest absolute Gasteiger partial charge is 0.332 e. The number of hydrogen-bond donors (Lipinski definition) is 0. The summed E-state index contributed by atoms with van der Waals surface area (Å²) in [6.45, 7) is 17.2. The molecule has 0 radical (unpaired) electrons. The molecule has 0 saturated carbocycles. The fourth-order valence-electron chi connectivity index (χ4n) is 3.39. The summed E-state index contributed by atoms with van der Waals surface area (Å²) in [7, 11) is 0. The van der Waals surface area contributed by atoms with Crippen LogP contribution in [0.25, 0.3) is 0 Å². The van der Waals surface area contributed by atoms with E-state index < -0.39 is 0 Å². The molecule has 17 heavy (non-hydrogen) atoms. The molecule has 0 aromatic heterocycles. The number of carbonyl (C=O) groups excluding carboxylic acids is 1. The summed E-state index contributed by atoms with van der Waals surface area (Å²) in [6.07, 6.45) is 0. The zero-order valence-electron chi connectivity index (χ0n) is 12.6. The highest BCUT2D eigenvalue weighted by Crippen LogP contribution is 2.38. The fourth-order valence-corrected chi connectivity index (χ4v) is 3.39. The third kappa shape index (κ3) is 2.22. The van der Waals surface area contributed by atoms with Crippen LogP contribution >= 0.6 is 0 Å². The summed E-state index contributed by atoms with van der Waals surface area (Å²) < 4.78 is 0. The maximum Gasteiger partial charge on any atom is 0.243 e.